The molecule has 0 aliphatic heterocycles. The fraction of sp³-hybridized carbons (Fsp3) is 0.455. The lowest BCUT2D eigenvalue weighted by Gasteiger charge is -2.15. The van der Waals surface area contributed by atoms with Crippen molar-refractivity contribution in [2.45, 2.75) is 19.9 Å². The molecule has 1 unspecified atom stereocenters. The fourth-order valence-electron chi connectivity index (χ4n) is 1.21. The molecule has 14 heavy (non-hydrogen) atoms. The van der Waals surface area contributed by atoms with Gasteiger partial charge in [0.15, 0.2) is 0 Å². The van der Waals surface area contributed by atoms with Crippen molar-refractivity contribution in [2.75, 3.05) is 7.11 Å². The SMILES string of the molecule is COc1ccc(C(N)C(C)C)cc1.Cl. The highest BCUT2D eigenvalue weighted by atomic mass is 35.5. The summed E-state index contributed by atoms with van der Waals surface area (Å²) in [6.45, 7) is 4.24. The lowest BCUT2D eigenvalue weighted by atomic mass is 9.97. The van der Waals surface area contributed by atoms with E-state index in [1.807, 2.05) is 24.3 Å². The molecule has 0 aromatic heterocycles. The zero-order valence-corrected chi connectivity index (χ0v) is 9.67. The Labute approximate surface area is 91.9 Å². The Balaban J connectivity index is 0.00000169. The number of benzene rings is 1. The van der Waals surface area contributed by atoms with Gasteiger partial charge in [0, 0.05) is 6.04 Å². The van der Waals surface area contributed by atoms with E-state index in [0.717, 1.165) is 11.3 Å². The van der Waals surface area contributed by atoms with Crippen molar-refractivity contribution in [1.29, 1.82) is 0 Å². The van der Waals surface area contributed by atoms with Crippen LogP contribution in [-0.2, 0) is 0 Å². The maximum atomic E-state index is 5.99. The van der Waals surface area contributed by atoms with E-state index in [2.05, 4.69) is 13.8 Å². The Morgan fingerprint density at radius 1 is 1.14 bits per heavy atom. The third kappa shape index (κ3) is 3.20. The van der Waals surface area contributed by atoms with Gasteiger partial charge < -0.3 is 10.5 Å². The molecule has 0 spiro atoms. The Hall–Kier alpha value is -0.730. The summed E-state index contributed by atoms with van der Waals surface area (Å²) in [4.78, 5) is 0. The molecule has 1 atom stereocenters. The van der Waals surface area contributed by atoms with Crippen LogP contribution < -0.4 is 10.5 Å². The summed E-state index contributed by atoms with van der Waals surface area (Å²) < 4.78 is 5.07. The van der Waals surface area contributed by atoms with Crippen LogP contribution in [0.3, 0.4) is 0 Å². The molecular weight excluding hydrogens is 198 g/mol. The molecule has 0 fully saturated rings. The first-order chi connectivity index (χ1) is 6.15. The van der Waals surface area contributed by atoms with Crippen molar-refractivity contribution in [3.63, 3.8) is 0 Å². The van der Waals surface area contributed by atoms with Gasteiger partial charge in [0.2, 0.25) is 0 Å². The Bertz CT molecular complexity index is 258. The summed E-state index contributed by atoms with van der Waals surface area (Å²) in [6.07, 6.45) is 0. The molecule has 2 nitrogen and oxygen atoms in total. The first-order valence-electron chi connectivity index (χ1n) is 4.54. The van der Waals surface area contributed by atoms with Crippen LogP contribution in [0.4, 0.5) is 0 Å². The molecule has 80 valence electrons. The molecule has 0 aliphatic carbocycles. The summed E-state index contributed by atoms with van der Waals surface area (Å²) in [7, 11) is 1.66. The van der Waals surface area contributed by atoms with Gasteiger partial charge in [-0.1, -0.05) is 26.0 Å². The molecule has 3 heteroatoms. The van der Waals surface area contributed by atoms with E-state index >= 15 is 0 Å². The zero-order valence-electron chi connectivity index (χ0n) is 8.86. The number of methoxy groups -OCH3 is 1. The Morgan fingerprint density at radius 3 is 2.00 bits per heavy atom. The molecule has 1 rings (SSSR count). The molecule has 0 aliphatic rings. The Kier molecular flexibility index (Phi) is 5.58. The maximum Gasteiger partial charge on any atom is 0.118 e. The second-order valence-corrected chi connectivity index (χ2v) is 3.54. The largest absolute Gasteiger partial charge is 0.497 e. The van der Waals surface area contributed by atoms with Gasteiger partial charge in [-0.15, -0.1) is 12.4 Å². The predicted octanol–water partition coefficient (Wildman–Crippen LogP) is 2.77. The van der Waals surface area contributed by atoms with Crippen LogP contribution in [-0.4, -0.2) is 7.11 Å². The van der Waals surface area contributed by atoms with Gasteiger partial charge in [-0.2, -0.15) is 0 Å². The van der Waals surface area contributed by atoms with Crippen molar-refractivity contribution in [1.82, 2.24) is 0 Å². The van der Waals surface area contributed by atoms with E-state index in [0.29, 0.717) is 5.92 Å². The molecule has 1 aromatic carbocycles. The minimum Gasteiger partial charge on any atom is -0.497 e. The molecule has 0 radical (unpaired) electrons. The number of ether oxygens (including phenoxy) is 1. The molecule has 0 heterocycles. The first kappa shape index (κ1) is 13.3. The number of rotatable bonds is 3. The number of hydrogen-bond acceptors (Lipinski definition) is 2. The zero-order chi connectivity index (χ0) is 9.84. The Morgan fingerprint density at radius 2 is 1.64 bits per heavy atom. The predicted molar refractivity (Wildman–Crippen MR) is 62.0 cm³/mol. The van der Waals surface area contributed by atoms with Gasteiger partial charge in [0.05, 0.1) is 7.11 Å². The normalized spacial score (nSPS) is 12.1. The van der Waals surface area contributed by atoms with Crippen molar-refractivity contribution in [2.24, 2.45) is 11.7 Å². The van der Waals surface area contributed by atoms with Crippen molar-refractivity contribution in [3.05, 3.63) is 29.8 Å². The first-order valence-corrected chi connectivity index (χ1v) is 4.54. The highest BCUT2D eigenvalue weighted by Crippen LogP contribution is 2.21. The second kappa shape index (κ2) is 5.89. The molecule has 1 aromatic rings. The smallest absolute Gasteiger partial charge is 0.118 e. The standard InChI is InChI=1S/C11H17NO.ClH/c1-8(2)11(12)9-4-6-10(13-3)7-5-9;/h4-8,11H,12H2,1-3H3;1H. The van der Waals surface area contributed by atoms with Gasteiger partial charge in [0.25, 0.3) is 0 Å². The summed E-state index contributed by atoms with van der Waals surface area (Å²) in [6, 6.07) is 8.04. The summed E-state index contributed by atoms with van der Waals surface area (Å²) in [5.41, 5.74) is 7.15. The van der Waals surface area contributed by atoms with Gasteiger partial charge in [-0.3, -0.25) is 0 Å². The lowest BCUT2D eigenvalue weighted by molar-refractivity contribution is 0.414. The number of hydrogen-bond donors (Lipinski definition) is 1. The maximum absolute atomic E-state index is 5.99. The molecule has 0 saturated carbocycles. The number of nitrogens with two attached hydrogens (primary N) is 1. The summed E-state index contributed by atoms with van der Waals surface area (Å²) >= 11 is 0. The molecule has 0 bridgehead atoms. The quantitative estimate of drug-likeness (QED) is 0.842. The summed E-state index contributed by atoms with van der Waals surface area (Å²) in [5, 5.41) is 0. The monoisotopic (exact) mass is 215 g/mol. The van der Waals surface area contributed by atoms with Crippen LogP contribution in [0.1, 0.15) is 25.5 Å². The third-order valence-corrected chi connectivity index (χ3v) is 2.22. The van der Waals surface area contributed by atoms with E-state index < -0.39 is 0 Å². The van der Waals surface area contributed by atoms with Crippen LogP contribution in [0, 0.1) is 5.92 Å². The minimum atomic E-state index is 0. The number of halogens is 1. The van der Waals surface area contributed by atoms with Gasteiger partial charge >= 0.3 is 0 Å². The van der Waals surface area contributed by atoms with Crippen LogP contribution in [0.2, 0.25) is 0 Å². The van der Waals surface area contributed by atoms with Gasteiger partial charge in [-0.05, 0) is 23.6 Å². The van der Waals surface area contributed by atoms with Crippen LogP contribution in [0.15, 0.2) is 24.3 Å². The van der Waals surface area contributed by atoms with Gasteiger partial charge in [0.1, 0.15) is 5.75 Å². The van der Waals surface area contributed by atoms with E-state index in [-0.39, 0.29) is 18.4 Å². The van der Waals surface area contributed by atoms with E-state index in [1.54, 1.807) is 7.11 Å². The molecule has 0 saturated heterocycles. The molecule has 0 amide bonds. The summed E-state index contributed by atoms with van der Waals surface area (Å²) in [5.74, 6) is 1.34. The molecular formula is C11H18ClNO. The van der Waals surface area contributed by atoms with Crippen molar-refractivity contribution < 1.29 is 4.74 Å². The molecule has 2 N–H and O–H groups in total. The second-order valence-electron chi connectivity index (χ2n) is 3.54. The minimum absolute atomic E-state index is 0. The van der Waals surface area contributed by atoms with E-state index in [4.69, 9.17) is 10.5 Å². The fourth-order valence-corrected chi connectivity index (χ4v) is 1.21. The highest BCUT2D eigenvalue weighted by Gasteiger charge is 2.09. The van der Waals surface area contributed by atoms with Crippen molar-refractivity contribution >= 4 is 12.4 Å². The van der Waals surface area contributed by atoms with Crippen LogP contribution in [0.5, 0.6) is 5.75 Å². The highest BCUT2D eigenvalue weighted by molar-refractivity contribution is 5.85. The van der Waals surface area contributed by atoms with Crippen molar-refractivity contribution in [3.8, 4) is 5.75 Å². The average Bonchev–Trinajstić information content (AvgIpc) is 2.17. The van der Waals surface area contributed by atoms with Gasteiger partial charge in [-0.25, -0.2) is 0 Å². The average molecular weight is 216 g/mol. The van der Waals surface area contributed by atoms with Crippen LogP contribution in [0.25, 0.3) is 0 Å². The lowest BCUT2D eigenvalue weighted by Crippen LogP contribution is -2.16. The van der Waals surface area contributed by atoms with E-state index in [1.165, 1.54) is 0 Å². The topological polar surface area (TPSA) is 35.2 Å². The third-order valence-electron chi connectivity index (χ3n) is 2.22. The van der Waals surface area contributed by atoms with Crippen LogP contribution >= 0.6 is 12.4 Å². The van der Waals surface area contributed by atoms with E-state index in [9.17, 15) is 0 Å².